The lowest BCUT2D eigenvalue weighted by Gasteiger charge is -2.17. The van der Waals surface area contributed by atoms with Crippen molar-refractivity contribution < 1.29 is 9.47 Å². The van der Waals surface area contributed by atoms with Crippen molar-refractivity contribution in [2.45, 2.75) is 39.3 Å². The van der Waals surface area contributed by atoms with E-state index in [1.165, 1.54) is 0 Å². The summed E-state index contributed by atoms with van der Waals surface area (Å²) in [6, 6.07) is 6.28. The molecule has 0 aromatic heterocycles. The van der Waals surface area contributed by atoms with Crippen molar-refractivity contribution in [3.8, 4) is 23.8 Å². The maximum atomic E-state index is 5.56. The van der Waals surface area contributed by atoms with Gasteiger partial charge in [0.25, 0.3) is 0 Å². The van der Waals surface area contributed by atoms with Gasteiger partial charge in [-0.05, 0) is 19.4 Å². The van der Waals surface area contributed by atoms with Gasteiger partial charge in [0.2, 0.25) is 0 Å². The predicted octanol–water partition coefficient (Wildman–Crippen LogP) is 2.99. The molecule has 0 fully saturated rings. The van der Waals surface area contributed by atoms with Crippen LogP contribution < -0.4 is 14.8 Å². The number of terminal acetylenes is 1. The van der Waals surface area contributed by atoms with E-state index in [4.69, 9.17) is 15.9 Å². The van der Waals surface area contributed by atoms with Crippen LogP contribution in [-0.4, -0.2) is 19.8 Å². The topological polar surface area (TPSA) is 30.5 Å². The predicted molar refractivity (Wildman–Crippen MR) is 78.5 cm³/mol. The average Bonchev–Trinajstić information content (AvgIpc) is 2.44. The molecule has 1 atom stereocenters. The highest BCUT2D eigenvalue weighted by molar-refractivity contribution is 5.46. The van der Waals surface area contributed by atoms with Crippen molar-refractivity contribution in [1.82, 2.24) is 5.32 Å². The van der Waals surface area contributed by atoms with E-state index in [-0.39, 0.29) is 0 Å². The Bertz CT molecular complexity index is 423. The van der Waals surface area contributed by atoms with Crippen LogP contribution in [-0.2, 0) is 6.54 Å². The third-order valence-corrected chi connectivity index (χ3v) is 3.00. The van der Waals surface area contributed by atoms with Crippen LogP contribution in [0.3, 0.4) is 0 Å². The summed E-state index contributed by atoms with van der Waals surface area (Å²) in [6.45, 7) is 5.44. The molecule has 1 N–H and O–H groups in total. The van der Waals surface area contributed by atoms with Crippen molar-refractivity contribution in [2.24, 2.45) is 0 Å². The van der Waals surface area contributed by atoms with Gasteiger partial charge in [0.15, 0.2) is 11.5 Å². The summed E-state index contributed by atoms with van der Waals surface area (Å²) in [5, 5.41) is 3.45. The van der Waals surface area contributed by atoms with E-state index in [0.717, 1.165) is 36.4 Å². The number of methoxy groups -OCH3 is 1. The zero-order valence-corrected chi connectivity index (χ0v) is 12.0. The van der Waals surface area contributed by atoms with Crippen LogP contribution in [0.4, 0.5) is 0 Å². The van der Waals surface area contributed by atoms with Gasteiger partial charge in [-0.1, -0.05) is 19.1 Å². The molecule has 0 saturated heterocycles. The van der Waals surface area contributed by atoms with Crippen LogP contribution in [0.15, 0.2) is 18.2 Å². The molecule has 3 nitrogen and oxygen atoms in total. The molecule has 104 valence electrons. The number of rotatable bonds is 8. The molecule has 0 bridgehead atoms. The Labute approximate surface area is 116 Å². The molecule has 1 aromatic carbocycles. The lowest BCUT2D eigenvalue weighted by atomic mass is 10.1. The van der Waals surface area contributed by atoms with E-state index in [1.54, 1.807) is 7.11 Å². The average molecular weight is 261 g/mol. The molecule has 1 aromatic rings. The molecule has 0 aliphatic heterocycles. The maximum Gasteiger partial charge on any atom is 0.165 e. The van der Waals surface area contributed by atoms with Crippen molar-refractivity contribution in [3.63, 3.8) is 0 Å². The van der Waals surface area contributed by atoms with Gasteiger partial charge in [-0.3, -0.25) is 0 Å². The summed E-state index contributed by atoms with van der Waals surface area (Å²) in [5.41, 5.74) is 1.09. The van der Waals surface area contributed by atoms with Crippen LogP contribution in [0, 0.1) is 12.3 Å². The van der Waals surface area contributed by atoms with Crippen molar-refractivity contribution in [1.29, 1.82) is 0 Å². The maximum absolute atomic E-state index is 5.56. The van der Waals surface area contributed by atoms with Gasteiger partial charge < -0.3 is 14.8 Å². The van der Waals surface area contributed by atoms with Gasteiger partial charge in [-0.25, -0.2) is 0 Å². The van der Waals surface area contributed by atoms with Crippen LogP contribution >= 0.6 is 0 Å². The minimum absolute atomic E-state index is 0.338. The first kappa shape index (κ1) is 15.4. The fraction of sp³-hybridized carbons (Fsp3) is 0.500. The SMILES string of the molecule is C#CCC(CC)NCc1cccc(OCC)c1OC. The minimum atomic E-state index is 0.338. The summed E-state index contributed by atoms with van der Waals surface area (Å²) >= 11 is 0. The van der Waals surface area contributed by atoms with Gasteiger partial charge >= 0.3 is 0 Å². The molecular formula is C16H23NO2. The zero-order valence-electron chi connectivity index (χ0n) is 12.0. The monoisotopic (exact) mass is 261 g/mol. The molecule has 0 aliphatic rings. The lowest BCUT2D eigenvalue weighted by molar-refractivity contribution is 0.308. The fourth-order valence-electron chi connectivity index (χ4n) is 1.96. The molecule has 1 unspecified atom stereocenters. The van der Waals surface area contributed by atoms with E-state index in [9.17, 15) is 0 Å². The van der Waals surface area contributed by atoms with E-state index >= 15 is 0 Å². The summed E-state index contributed by atoms with van der Waals surface area (Å²) in [5.74, 6) is 4.28. The van der Waals surface area contributed by atoms with Crippen molar-refractivity contribution in [3.05, 3.63) is 23.8 Å². The third kappa shape index (κ3) is 4.50. The first-order valence-corrected chi connectivity index (χ1v) is 6.72. The molecular weight excluding hydrogens is 238 g/mol. The number of ether oxygens (including phenoxy) is 2. The summed E-state index contributed by atoms with van der Waals surface area (Å²) < 4.78 is 11.0. The quantitative estimate of drug-likeness (QED) is 0.730. The second kappa shape index (κ2) is 8.44. The normalized spacial score (nSPS) is 11.7. The number of hydrogen-bond donors (Lipinski definition) is 1. The molecule has 19 heavy (non-hydrogen) atoms. The van der Waals surface area contributed by atoms with Crippen LogP contribution in [0.1, 0.15) is 32.3 Å². The number of nitrogens with one attached hydrogen (secondary N) is 1. The Morgan fingerprint density at radius 2 is 2.16 bits per heavy atom. The Balaban J connectivity index is 2.77. The highest BCUT2D eigenvalue weighted by Crippen LogP contribution is 2.31. The molecule has 0 amide bonds. The highest BCUT2D eigenvalue weighted by atomic mass is 16.5. The minimum Gasteiger partial charge on any atom is -0.493 e. The Morgan fingerprint density at radius 3 is 2.74 bits per heavy atom. The fourth-order valence-corrected chi connectivity index (χ4v) is 1.96. The molecule has 0 spiro atoms. The smallest absolute Gasteiger partial charge is 0.165 e. The van der Waals surface area contributed by atoms with E-state index < -0.39 is 0 Å². The number of hydrogen-bond acceptors (Lipinski definition) is 3. The van der Waals surface area contributed by atoms with Gasteiger partial charge in [-0.2, -0.15) is 0 Å². The first-order chi connectivity index (χ1) is 9.26. The largest absolute Gasteiger partial charge is 0.493 e. The van der Waals surface area contributed by atoms with Crippen molar-refractivity contribution >= 4 is 0 Å². The third-order valence-electron chi connectivity index (χ3n) is 3.00. The van der Waals surface area contributed by atoms with Gasteiger partial charge in [0, 0.05) is 24.6 Å². The van der Waals surface area contributed by atoms with Gasteiger partial charge in [0.1, 0.15) is 0 Å². The first-order valence-electron chi connectivity index (χ1n) is 6.72. The Morgan fingerprint density at radius 1 is 1.37 bits per heavy atom. The highest BCUT2D eigenvalue weighted by Gasteiger charge is 2.11. The van der Waals surface area contributed by atoms with Gasteiger partial charge in [-0.15, -0.1) is 12.3 Å². The summed E-state index contributed by atoms with van der Waals surface area (Å²) in [7, 11) is 1.67. The zero-order chi connectivity index (χ0) is 14.1. The van der Waals surface area contributed by atoms with Crippen LogP contribution in [0.25, 0.3) is 0 Å². The van der Waals surface area contributed by atoms with E-state index in [2.05, 4.69) is 18.2 Å². The standard InChI is InChI=1S/C16H23NO2/c1-5-9-14(6-2)17-12-13-10-8-11-15(19-7-3)16(13)18-4/h1,8,10-11,14,17H,6-7,9,12H2,2-4H3. The van der Waals surface area contributed by atoms with E-state index in [1.807, 2.05) is 25.1 Å². The molecule has 1 rings (SSSR count). The molecule has 0 aliphatic carbocycles. The molecule has 0 heterocycles. The Kier molecular flexibility index (Phi) is 6.84. The number of benzene rings is 1. The lowest BCUT2D eigenvalue weighted by Crippen LogP contribution is -2.27. The molecule has 0 radical (unpaired) electrons. The van der Waals surface area contributed by atoms with Crippen LogP contribution in [0.5, 0.6) is 11.5 Å². The van der Waals surface area contributed by atoms with Gasteiger partial charge in [0.05, 0.1) is 13.7 Å². The van der Waals surface area contributed by atoms with E-state index in [0.29, 0.717) is 12.6 Å². The Hall–Kier alpha value is -1.66. The second-order valence-electron chi connectivity index (χ2n) is 4.28. The summed E-state index contributed by atoms with van der Waals surface area (Å²) in [4.78, 5) is 0. The second-order valence-corrected chi connectivity index (χ2v) is 4.28. The number of para-hydroxylation sites is 1. The van der Waals surface area contributed by atoms with Crippen molar-refractivity contribution in [2.75, 3.05) is 13.7 Å². The summed E-state index contributed by atoms with van der Waals surface area (Å²) in [6.07, 6.45) is 7.11. The molecule has 3 heteroatoms. The molecule has 0 saturated carbocycles. The van der Waals surface area contributed by atoms with Crippen LogP contribution in [0.2, 0.25) is 0 Å².